The van der Waals surface area contributed by atoms with Gasteiger partial charge in [-0.3, -0.25) is 13.9 Å². The second kappa shape index (κ2) is 13.9. The largest absolute Gasteiger partial charge is 0.493 e. The summed E-state index contributed by atoms with van der Waals surface area (Å²) in [4.78, 5) is 29.2. The SMILES string of the molecule is CCC(C(=O)NC(C)(C)C)N(Cc1ccccc1C)C(=O)CN(c1ccc(C)cc1)S(=O)(=O)c1ccc(OC)c(OC)c1. The normalized spacial score (nSPS) is 12.3. The van der Waals surface area contributed by atoms with Crippen LogP contribution in [-0.4, -0.2) is 57.5 Å². The van der Waals surface area contributed by atoms with Crippen LogP contribution in [0.5, 0.6) is 11.5 Å². The van der Waals surface area contributed by atoms with Gasteiger partial charge in [0.05, 0.1) is 24.8 Å². The van der Waals surface area contributed by atoms with Crippen LogP contribution >= 0.6 is 0 Å². The van der Waals surface area contributed by atoms with E-state index in [1.54, 1.807) is 24.3 Å². The topological polar surface area (TPSA) is 105 Å². The van der Waals surface area contributed by atoms with Crippen molar-refractivity contribution in [1.29, 1.82) is 0 Å². The van der Waals surface area contributed by atoms with Gasteiger partial charge >= 0.3 is 0 Å². The molecule has 0 spiro atoms. The van der Waals surface area contributed by atoms with Crippen molar-refractivity contribution < 1.29 is 27.5 Å². The van der Waals surface area contributed by atoms with Crippen LogP contribution in [-0.2, 0) is 26.2 Å². The van der Waals surface area contributed by atoms with Gasteiger partial charge in [-0.2, -0.15) is 0 Å². The molecule has 0 saturated carbocycles. The van der Waals surface area contributed by atoms with Gasteiger partial charge in [-0.25, -0.2) is 8.42 Å². The van der Waals surface area contributed by atoms with Gasteiger partial charge in [-0.1, -0.05) is 48.9 Å². The Morgan fingerprint density at radius 2 is 1.53 bits per heavy atom. The number of sulfonamides is 1. The van der Waals surface area contributed by atoms with Gasteiger partial charge < -0.3 is 19.7 Å². The van der Waals surface area contributed by atoms with Crippen LogP contribution in [0.1, 0.15) is 50.8 Å². The lowest BCUT2D eigenvalue weighted by Crippen LogP contribution is -2.55. The second-order valence-corrected chi connectivity index (χ2v) is 13.3. The van der Waals surface area contributed by atoms with E-state index in [0.717, 1.165) is 21.0 Å². The van der Waals surface area contributed by atoms with Crippen molar-refractivity contribution in [2.75, 3.05) is 25.1 Å². The molecule has 3 aromatic rings. The van der Waals surface area contributed by atoms with Gasteiger partial charge in [-0.15, -0.1) is 0 Å². The predicted octanol–water partition coefficient (Wildman–Crippen LogP) is 5.24. The highest BCUT2D eigenvalue weighted by Crippen LogP contribution is 2.32. The molecule has 1 unspecified atom stereocenters. The van der Waals surface area contributed by atoms with Crippen molar-refractivity contribution in [2.45, 2.75) is 71.0 Å². The molecule has 9 nitrogen and oxygen atoms in total. The highest BCUT2D eigenvalue weighted by atomic mass is 32.2. The number of nitrogens with one attached hydrogen (secondary N) is 1. The fourth-order valence-corrected chi connectivity index (χ4v) is 6.12. The number of anilines is 1. The number of rotatable bonds is 12. The van der Waals surface area contributed by atoms with Crippen LogP contribution in [0.25, 0.3) is 0 Å². The number of carbonyl (C=O) groups excluding carboxylic acids is 2. The molecule has 0 radical (unpaired) electrons. The van der Waals surface area contributed by atoms with Gasteiger partial charge in [0, 0.05) is 18.2 Å². The first-order valence-corrected chi connectivity index (χ1v) is 15.6. The lowest BCUT2D eigenvalue weighted by molar-refractivity contribution is -0.141. The molecule has 0 aromatic heterocycles. The van der Waals surface area contributed by atoms with Crippen molar-refractivity contribution in [3.63, 3.8) is 0 Å². The van der Waals surface area contributed by atoms with Gasteiger partial charge in [0.2, 0.25) is 11.8 Å². The van der Waals surface area contributed by atoms with E-state index < -0.39 is 34.1 Å². The summed E-state index contributed by atoms with van der Waals surface area (Å²) < 4.78 is 40.1. The molecule has 0 bridgehead atoms. The molecule has 232 valence electrons. The number of amides is 2. The average molecular weight is 610 g/mol. The molecule has 10 heteroatoms. The lowest BCUT2D eigenvalue weighted by Gasteiger charge is -2.35. The maximum atomic E-state index is 14.3. The summed E-state index contributed by atoms with van der Waals surface area (Å²) in [5, 5.41) is 2.99. The summed E-state index contributed by atoms with van der Waals surface area (Å²) in [6.07, 6.45) is 0.340. The van der Waals surface area contributed by atoms with Crippen LogP contribution in [0.3, 0.4) is 0 Å². The van der Waals surface area contributed by atoms with Crippen molar-refractivity contribution in [1.82, 2.24) is 10.2 Å². The first kappa shape index (κ1) is 33.5. The van der Waals surface area contributed by atoms with E-state index >= 15 is 0 Å². The zero-order chi connectivity index (χ0) is 31.9. The fraction of sp³-hybridized carbons (Fsp3) is 0.394. The lowest BCUT2D eigenvalue weighted by atomic mass is 10.0. The quantitative estimate of drug-likeness (QED) is 0.301. The van der Waals surface area contributed by atoms with Crippen molar-refractivity contribution in [3.8, 4) is 11.5 Å². The van der Waals surface area contributed by atoms with Crippen LogP contribution in [0, 0.1) is 13.8 Å². The Balaban J connectivity index is 2.12. The molecule has 0 aliphatic carbocycles. The molecule has 0 fully saturated rings. The number of benzene rings is 3. The Morgan fingerprint density at radius 3 is 2.09 bits per heavy atom. The maximum Gasteiger partial charge on any atom is 0.264 e. The average Bonchev–Trinajstić information content (AvgIpc) is 2.95. The first-order valence-electron chi connectivity index (χ1n) is 14.2. The van der Waals surface area contributed by atoms with E-state index in [4.69, 9.17) is 9.47 Å². The van der Waals surface area contributed by atoms with Gasteiger partial charge in [0.15, 0.2) is 11.5 Å². The summed E-state index contributed by atoms with van der Waals surface area (Å²) in [6, 6.07) is 18.0. The van der Waals surface area contributed by atoms with E-state index in [9.17, 15) is 18.0 Å². The summed E-state index contributed by atoms with van der Waals surface area (Å²) in [6.45, 7) is 10.9. The summed E-state index contributed by atoms with van der Waals surface area (Å²) in [5.74, 6) is -0.199. The predicted molar refractivity (Wildman–Crippen MR) is 169 cm³/mol. The van der Waals surface area contributed by atoms with Crippen LogP contribution in [0.2, 0.25) is 0 Å². The summed E-state index contributed by atoms with van der Waals surface area (Å²) in [7, 11) is -1.38. The molecule has 3 rings (SSSR count). The van der Waals surface area contributed by atoms with Crippen LogP contribution in [0.15, 0.2) is 71.6 Å². The highest BCUT2D eigenvalue weighted by molar-refractivity contribution is 7.92. The monoisotopic (exact) mass is 609 g/mol. The molecule has 43 heavy (non-hydrogen) atoms. The number of hydrogen-bond donors (Lipinski definition) is 1. The molecule has 3 aromatic carbocycles. The zero-order valence-corrected chi connectivity index (χ0v) is 27.1. The molecule has 1 atom stereocenters. The van der Waals surface area contributed by atoms with E-state index in [1.165, 1.54) is 37.3 Å². The molecule has 2 amide bonds. The Labute approximate surface area is 255 Å². The van der Waals surface area contributed by atoms with Crippen LogP contribution < -0.4 is 19.1 Å². The molecule has 0 heterocycles. The molecule has 0 saturated heterocycles. The van der Waals surface area contributed by atoms with E-state index in [2.05, 4.69) is 5.32 Å². The zero-order valence-electron chi connectivity index (χ0n) is 26.3. The minimum Gasteiger partial charge on any atom is -0.493 e. The third-order valence-corrected chi connectivity index (χ3v) is 8.80. The van der Waals surface area contributed by atoms with Gasteiger partial charge in [-0.05, 0) is 76.4 Å². The van der Waals surface area contributed by atoms with Gasteiger partial charge in [0.25, 0.3) is 10.0 Å². The number of methoxy groups -OCH3 is 2. The minimum atomic E-state index is -4.27. The minimum absolute atomic E-state index is 0.0681. The van der Waals surface area contributed by atoms with Gasteiger partial charge in [0.1, 0.15) is 12.6 Å². The second-order valence-electron chi connectivity index (χ2n) is 11.5. The highest BCUT2D eigenvalue weighted by Gasteiger charge is 2.35. The Morgan fingerprint density at radius 1 is 0.907 bits per heavy atom. The third-order valence-electron chi connectivity index (χ3n) is 7.03. The molecular weight excluding hydrogens is 566 g/mol. The molecule has 0 aliphatic rings. The number of carbonyl (C=O) groups is 2. The van der Waals surface area contributed by atoms with E-state index in [1.807, 2.05) is 65.8 Å². The number of aryl methyl sites for hydroxylation is 2. The Bertz CT molecular complexity index is 1530. The standard InChI is InChI=1S/C33H43N3O6S/c1-9-28(32(38)34-33(4,5)6)35(21-25-13-11-10-12-24(25)3)31(37)22-36(26-16-14-23(2)15-17-26)43(39,40)27-18-19-29(41-7)30(20-27)42-8/h10-20,28H,9,21-22H2,1-8H3,(H,34,38). The van der Waals surface area contributed by atoms with E-state index in [0.29, 0.717) is 17.9 Å². The number of ether oxygens (including phenoxy) is 2. The number of hydrogen-bond acceptors (Lipinski definition) is 6. The van der Waals surface area contributed by atoms with E-state index in [-0.39, 0.29) is 23.1 Å². The molecular formula is C33H43N3O6S. The van der Waals surface area contributed by atoms with Crippen molar-refractivity contribution in [2.24, 2.45) is 0 Å². The molecule has 0 aliphatic heterocycles. The summed E-state index contributed by atoms with van der Waals surface area (Å²) in [5.41, 5.74) is 2.55. The summed E-state index contributed by atoms with van der Waals surface area (Å²) >= 11 is 0. The van der Waals surface area contributed by atoms with Crippen molar-refractivity contribution >= 4 is 27.5 Å². The molecule has 1 N–H and O–H groups in total. The third kappa shape index (κ3) is 8.28. The fourth-order valence-electron chi connectivity index (χ4n) is 4.69. The number of nitrogens with zero attached hydrogens (tertiary/aromatic N) is 2. The first-order chi connectivity index (χ1) is 20.2. The smallest absolute Gasteiger partial charge is 0.264 e. The Kier molecular flexibility index (Phi) is 10.9. The van der Waals surface area contributed by atoms with Crippen LogP contribution in [0.4, 0.5) is 5.69 Å². The van der Waals surface area contributed by atoms with Crippen molar-refractivity contribution in [3.05, 3.63) is 83.4 Å². The maximum absolute atomic E-state index is 14.3. The Hall–Kier alpha value is -4.05.